The van der Waals surface area contributed by atoms with Crippen molar-refractivity contribution in [2.24, 2.45) is 0 Å². The highest BCUT2D eigenvalue weighted by atomic mass is 32.2. The van der Waals surface area contributed by atoms with E-state index in [1.807, 2.05) is 49.6 Å². The number of nitrogens with one attached hydrogen (secondary N) is 1. The fraction of sp³-hybridized carbons (Fsp3) is 0.150. The van der Waals surface area contributed by atoms with Gasteiger partial charge in [0.1, 0.15) is 6.54 Å². The molecule has 27 heavy (non-hydrogen) atoms. The maximum atomic E-state index is 12.5. The number of thioether (sulfide) groups is 2. The molecule has 2 aromatic carbocycles. The number of benzene rings is 2. The number of carbonyl (C=O) groups is 3. The molecule has 0 radical (unpaired) electrons. The molecule has 7 heteroatoms. The van der Waals surface area contributed by atoms with Crippen LogP contribution < -0.4 is 5.32 Å². The molecule has 3 rings (SSSR count). The van der Waals surface area contributed by atoms with Gasteiger partial charge in [-0.1, -0.05) is 29.8 Å². The lowest BCUT2D eigenvalue weighted by Crippen LogP contribution is -2.36. The van der Waals surface area contributed by atoms with Crippen molar-refractivity contribution in [2.45, 2.75) is 11.8 Å². The second-order valence-electron chi connectivity index (χ2n) is 5.96. The number of aryl methyl sites for hydroxylation is 1. The number of anilines is 1. The summed E-state index contributed by atoms with van der Waals surface area (Å²) in [5.41, 5.74) is 2.54. The molecule has 138 valence electrons. The standard InChI is InChI=1S/C20H18N2O3S2/c1-13-3-7-15(8-4-13)21-18(23)12-22-19(24)17(27-20(22)25)11-14-5-9-16(26-2)10-6-14/h3-11H,12H2,1-2H3,(H,21,23)/b17-11-. The molecule has 1 fully saturated rings. The van der Waals surface area contributed by atoms with Gasteiger partial charge in [0.15, 0.2) is 0 Å². The SMILES string of the molecule is CSc1ccc(/C=C2\SC(=O)N(CC(=O)Nc3ccc(C)cc3)C2=O)cc1. The Kier molecular flexibility index (Phi) is 6.03. The second kappa shape index (κ2) is 8.45. The Morgan fingerprint density at radius 2 is 1.78 bits per heavy atom. The van der Waals surface area contributed by atoms with Gasteiger partial charge in [-0.2, -0.15) is 0 Å². The van der Waals surface area contributed by atoms with Crippen LogP contribution in [0.15, 0.2) is 58.3 Å². The van der Waals surface area contributed by atoms with Crippen molar-refractivity contribution >= 4 is 52.3 Å². The first-order valence-corrected chi connectivity index (χ1v) is 10.3. The van der Waals surface area contributed by atoms with Gasteiger partial charge in [0, 0.05) is 10.6 Å². The molecule has 0 aliphatic carbocycles. The molecule has 5 nitrogen and oxygen atoms in total. The zero-order valence-corrected chi connectivity index (χ0v) is 16.5. The number of nitrogens with zero attached hydrogens (tertiary/aromatic N) is 1. The summed E-state index contributed by atoms with van der Waals surface area (Å²) in [6.45, 7) is 1.65. The lowest BCUT2D eigenvalue weighted by molar-refractivity contribution is -0.127. The van der Waals surface area contributed by atoms with Gasteiger partial charge in [0.05, 0.1) is 4.91 Å². The Morgan fingerprint density at radius 3 is 2.41 bits per heavy atom. The monoisotopic (exact) mass is 398 g/mol. The topological polar surface area (TPSA) is 66.5 Å². The Morgan fingerprint density at radius 1 is 1.11 bits per heavy atom. The van der Waals surface area contributed by atoms with Crippen molar-refractivity contribution in [3.8, 4) is 0 Å². The third-order valence-electron chi connectivity index (χ3n) is 3.92. The lowest BCUT2D eigenvalue weighted by Gasteiger charge is -2.12. The van der Waals surface area contributed by atoms with Crippen LogP contribution in [0.2, 0.25) is 0 Å². The summed E-state index contributed by atoms with van der Waals surface area (Å²) in [5, 5.41) is 2.26. The van der Waals surface area contributed by atoms with Gasteiger partial charge in [-0.25, -0.2) is 0 Å². The Hall–Kier alpha value is -2.51. The van der Waals surface area contributed by atoms with E-state index in [9.17, 15) is 14.4 Å². The molecule has 0 atom stereocenters. The first kappa shape index (κ1) is 19.3. The Bertz CT molecular complexity index is 906. The molecule has 1 heterocycles. The fourth-order valence-electron chi connectivity index (χ4n) is 2.47. The van der Waals surface area contributed by atoms with Crippen LogP contribution in [0.25, 0.3) is 6.08 Å². The van der Waals surface area contributed by atoms with Gasteiger partial charge in [0.25, 0.3) is 11.1 Å². The van der Waals surface area contributed by atoms with Crippen LogP contribution in [-0.2, 0) is 9.59 Å². The Balaban J connectivity index is 1.67. The number of hydrogen-bond acceptors (Lipinski definition) is 5. The van der Waals surface area contributed by atoms with Crippen LogP contribution in [-0.4, -0.2) is 34.8 Å². The van der Waals surface area contributed by atoms with Crippen molar-refractivity contribution in [1.29, 1.82) is 0 Å². The number of rotatable bonds is 5. The summed E-state index contributed by atoms with van der Waals surface area (Å²) in [4.78, 5) is 39.3. The van der Waals surface area contributed by atoms with E-state index in [2.05, 4.69) is 5.32 Å². The van der Waals surface area contributed by atoms with E-state index in [1.54, 1.807) is 30.0 Å². The predicted octanol–water partition coefficient (Wildman–Crippen LogP) is 4.39. The lowest BCUT2D eigenvalue weighted by atomic mass is 10.2. The summed E-state index contributed by atoms with van der Waals surface area (Å²) in [6, 6.07) is 15.0. The molecule has 0 spiro atoms. The summed E-state index contributed by atoms with van der Waals surface area (Å²) in [6.07, 6.45) is 3.66. The molecule has 0 bridgehead atoms. The number of hydrogen-bond donors (Lipinski definition) is 1. The quantitative estimate of drug-likeness (QED) is 0.598. The van der Waals surface area contributed by atoms with Crippen molar-refractivity contribution in [1.82, 2.24) is 4.90 Å². The van der Waals surface area contributed by atoms with Gasteiger partial charge < -0.3 is 5.32 Å². The fourth-order valence-corrected chi connectivity index (χ4v) is 3.72. The zero-order chi connectivity index (χ0) is 19.4. The van der Waals surface area contributed by atoms with Gasteiger partial charge in [0.2, 0.25) is 5.91 Å². The molecule has 1 aliphatic heterocycles. The molecule has 1 aliphatic rings. The molecule has 3 amide bonds. The normalized spacial score (nSPS) is 15.5. The van der Waals surface area contributed by atoms with Gasteiger partial charge in [-0.05, 0) is 60.8 Å². The molecular formula is C20H18N2O3S2. The summed E-state index contributed by atoms with van der Waals surface area (Å²) < 4.78 is 0. The second-order valence-corrected chi connectivity index (χ2v) is 7.83. The van der Waals surface area contributed by atoms with Gasteiger partial charge >= 0.3 is 0 Å². The summed E-state index contributed by atoms with van der Waals surface area (Å²) in [7, 11) is 0. The van der Waals surface area contributed by atoms with Crippen molar-refractivity contribution in [3.05, 3.63) is 64.6 Å². The van der Waals surface area contributed by atoms with E-state index in [1.165, 1.54) is 0 Å². The van der Waals surface area contributed by atoms with Crippen LogP contribution >= 0.6 is 23.5 Å². The van der Waals surface area contributed by atoms with E-state index in [4.69, 9.17) is 0 Å². The zero-order valence-electron chi connectivity index (χ0n) is 14.9. The minimum absolute atomic E-state index is 0.304. The van der Waals surface area contributed by atoms with Crippen LogP contribution in [0.5, 0.6) is 0 Å². The highest BCUT2D eigenvalue weighted by molar-refractivity contribution is 8.18. The van der Waals surface area contributed by atoms with Crippen LogP contribution in [0, 0.1) is 6.92 Å². The molecule has 1 saturated heterocycles. The van der Waals surface area contributed by atoms with E-state index in [0.717, 1.165) is 32.7 Å². The molecule has 0 saturated carbocycles. The first-order valence-electron chi connectivity index (χ1n) is 8.22. The average molecular weight is 399 g/mol. The minimum Gasteiger partial charge on any atom is -0.325 e. The highest BCUT2D eigenvalue weighted by Crippen LogP contribution is 2.32. The molecule has 0 unspecified atom stereocenters. The number of carbonyl (C=O) groups excluding carboxylic acids is 3. The smallest absolute Gasteiger partial charge is 0.294 e. The average Bonchev–Trinajstić information content (AvgIpc) is 2.91. The van der Waals surface area contributed by atoms with Crippen molar-refractivity contribution in [3.63, 3.8) is 0 Å². The molecule has 2 aromatic rings. The molecular weight excluding hydrogens is 380 g/mol. The van der Waals surface area contributed by atoms with E-state index < -0.39 is 17.1 Å². The first-order chi connectivity index (χ1) is 13.0. The molecule has 1 N–H and O–H groups in total. The predicted molar refractivity (Wildman–Crippen MR) is 111 cm³/mol. The number of amides is 3. The highest BCUT2D eigenvalue weighted by Gasteiger charge is 2.36. The summed E-state index contributed by atoms with van der Waals surface area (Å²) >= 11 is 2.48. The van der Waals surface area contributed by atoms with Gasteiger partial charge in [-0.3, -0.25) is 19.3 Å². The minimum atomic E-state index is -0.446. The third-order valence-corrected chi connectivity index (χ3v) is 5.58. The van der Waals surface area contributed by atoms with Crippen LogP contribution in [0.1, 0.15) is 11.1 Å². The third kappa shape index (κ3) is 4.81. The van der Waals surface area contributed by atoms with Crippen LogP contribution in [0.4, 0.5) is 10.5 Å². The largest absolute Gasteiger partial charge is 0.325 e. The maximum Gasteiger partial charge on any atom is 0.294 e. The Labute approximate surface area is 166 Å². The maximum absolute atomic E-state index is 12.5. The number of imide groups is 1. The van der Waals surface area contributed by atoms with E-state index >= 15 is 0 Å². The van der Waals surface area contributed by atoms with E-state index in [-0.39, 0.29) is 6.54 Å². The van der Waals surface area contributed by atoms with Gasteiger partial charge in [-0.15, -0.1) is 11.8 Å². The van der Waals surface area contributed by atoms with Crippen molar-refractivity contribution in [2.75, 3.05) is 18.1 Å². The van der Waals surface area contributed by atoms with E-state index in [0.29, 0.717) is 10.6 Å². The van der Waals surface area contributed by atoms with Crippen molar-refractivity contribution < 1.29 is 14.4 Å². The van der Waals surface area contributed by atoms with Crippen LogP contribution in [0.3, 0.4) is 0 Å². The molecule has 0 aromatic heterocycles. The summed E-state index contributed by atoms with van der Waals surface area (Å²) in [5.74, 6) is -0.857.